The second kappa shape index (κ2) is 11.3. The van der Waals surface area contributed by atoms with Crippen molar-refractivity contribution in [2.24, 2.45) is 5.73 Å². The average Bonchev–Trinajstić information content (AvgIpc) is 2.74. The molecule has 1 amide bonds. The lowest BCUT2D eigenvalue weighted by Crippen LogP contribution is -2.47. The first kappa shape index (κ1) is 27.8. The summed E-state index contributed by atoms with van der Waals surface area (Å²) in [5.41, 5.74) is 10.4. The number of ether oxygens (including phenoxy) is 2. The van der Waals surface area contributed by atoms with Crippen molar-refractivity contribution in [3.63, 3.8) is 0 Å². The number of fused-ring (bicyclic) bond motifs is 1. The Kier molecular flexibility index (Phi) is 9.02. The predicted octanol–water partition coefficient (Wildman–Crippen LogP) is 3.16. The second-order valence-electron chi connectivity index (χ2n) is 8.63. The minimum absolute atomic E-state index is 0.0142. The van der Waals surface area contributed by atoms with Crippen molar-refractivity contribution in [3.8, 4) is 5.75 Å². The zero-order chi connectivity index (χ0) is 26.4. The highest BCUT2D eigenvalue weighted by molar-refractivity contribution is 6.09. The average molecular weight is 499 g/mol. The van der Waals surface area contributed by atoms with Crippen molar-refractivity contribution >= 4 is 34.4 Å². The topological polar surface area (TPSA) is 147 Å². The van der Waals surface area contributed by atoms with Crippen molar-refractivity contribution in [2.75, 3.05) is 18.9 Å². The Hall–Kier alpha value is -3.41. The number of hydrogen-bond acceptors (Lipinski definition) is 8. The van der Waals surface area contributed by atoms with E-state index in [4.69, 9.17) is 16.2 Å². The van der Waals surface area contributed by atoms with Crippen LogP contribution in [0.25, 0.3) is 10.9 Å². The van der Waals surface area contributed by atoms with Crippen LogP contribution in [0.3, 0.4) is 0 Å². The number of alkyl halides is 3. The molecule has 0 saturated heterocycles. The summed E-state index contributed by atoms with van der Waals surface area (Å²) in [5.74, 6) is -4.20. The molecule has 2 rings (SSSR count). The number of benzene rings is 1. The Morgan fingerprint density at radius 1 is 1.11 bits per heavy atom. The molecule has 0 atom stereocenters. The molecule has 12 heteroatoms. The van der Waals surface area contributed by atoms with E-state index in [1.54, 1.807) is 26.0 Å². The van der Waals surface area contributed by atoms with Gasteiger partial charge < -0.3 is 26.3 Å². The Labute approximate surface area is 200 Å². The van der Waals surface area contributed by atoms with E-state index in [2.05, 4.69) is 15.0 Å². The van der Waals surface area contributed by atoms with Crippen molar-refractivity contribution < 1.29 is 37.0 Å². The summed E-state index contributed by atoms with van der Waals surface area (Å²) in [6.07, 6.45) is -2.61. The molecule has 5 N–H and O–H groups in total. The molecule has 9 nitrogen and oxygen atoms in total. The molecule has 1 heterocycles. The number of nitrogens with one attached hydrogen (secondary N) is 1. The third kappa shape index (κ3) is 7.54. The molecule has 0 bridgehead atoms. The van der Waals surface area contributed by atoms with Crippen molar-refractivity contribution in [3.05, 3.63) is 29.5 Å². The Morgan fingerprint density at radius 3 is 2.43 bits per heavy atom. The van der Waals surface area contributed by atoms with E-state index in [0.717, 1.165) is 12.8 Å². The van der Waals surface area contributed by atoms with Gasteiger partial charge in [-0.3, -0.25) is 9.78 Å². The van der Waals surface area contributed by atoms with E-state index in [1.165, 1.54) is 13.0 Å². The van der Waals surface area contributed by atoms with E-state index < -0.39 is 29.2 Å². The van der Waals surface area contributed by atoms with Crippen LogP contribution in [0.5, 0.6) is 5.75 Å². The second-order valence-corrected chi connectivity index (χ2v) is 8.63. The highest BCUT2D eigenvalue weighted by Crippen LogP contribution is 2.34. The first-order valence-electron chi connectivity index (χ1n) is 10.9. The third-order valence-electron chi connectivity index (χ3n) is 4.99. The fourth-order valence-corrected chi connectivity index (χ4v) is 3.35. The molecular weight excluding hydrogens is 469 g/mol. The number of nitrogen functional groups attached to an aromatic ring is 1. The number of aromatic nitrogens is 1. The quantitative estimate of drug-likeness (QED) is 0.257. The van der Waals surface area contributed by atoms with E-state index in [9.17, 15) is 27.6 Å². The molecule has 0 unspecified atom stereocenters. The Bertz CT molecular complexity index is 1100. The van der Waals surface area contributed by atoms with Crippen LogP contribution in [0.2, 0.25) is 0 Å². The van der Waals surface area contributed by atoms with Gasteiger partial charge in [0, 0.05) is 6.42 Å². The number of aryl methyl sites for hydroxylation is 1. The van der Waals surface area contributed by atoms with Gasteiger partial charge in [-0.25, -0.2) is 9.59 Å². The van der Waals surface area contributed by atoms with E-state index in [0.29, 0.717) is 24.9 Å². The van der Waals surface area contributed by atoms with Gasteiger partial charge in [0.25, 0.3) is 0 Å². The lowest BCUT2D eigenvalue weighted by atomic mass is 10.0. The van der Waals surface area contributed by atoms with Gasteiger partial charge in [0.05, 0.1) is 27.8 Å². The summed E-state index contributed by atoms with van der Waals surface area (Å²) in [6, 6.07) is 4.74. The standard InChI is InChI=1S/C23H29F3N4O5/c1-13-17(20(32)35-21(33)23(24,25)26)19(28)18-14(29-13)8-7-9-15(18)34-12-22(2,3)30-16(31)10-5-4-6-11-27/h7-9H,4-6,10-12,27H2,1-3H3,(H2,28,29)(H,30,31). The first-order chi connectivity index (χ1) is 16.3. The molecule has 2 aromatic rings. The number of rotatable bonds is 10. The highest BCUT2D eigenvalue weighted by atomic mass is 19.4. The number of nitrogens with zero attached hydrogens (tertiary/aromatic N) is 1. The molecule has 1 aromatic heterocycles. The third-order valence-corrected chi connectivity index (χ3v) is 4.99. The number of hydrogen-bond donors (Lipinski definition) is 3. The normalized spacial score (nSPS) is 11.9. The molecule has 0 aliphatic carbocycles. The summed E-state index contributed by atoms with van der Waals surface area (Å²) in [7, 11) is 0. The van der Waals surface area contributed by atoms with Gasteiger partial charge in [0.15, 0.2) is 0 Å². The SMILES string of the molecule is Cc1nc2cccc(OCC(C)(C)NC(=O)CCCCCN)c2c(N)c1C(=O)OC(=O)C(F)(F)F. The molecule has 0 radical (unpaired) electrons. The van der Waals surface area contributed by atoms with Crippen LogP contribution in [0.15, 0.2) is 18.2 Å². The number of halogens is 3. The summed E-state index contributed by atoms with van der Waals surface area (Å²) in [4.78, 5) is 39.8. The fraction of sp³-hybridized carbons (Fsp3) is 0.478. The van der Waals surface area contributed by atoms with E-state index in [1.807, 2.05) is 0 Å². The molecule has 0 fully saturated rings. The van der Waals surface area contributed by atoms with Crippen LogP contribution >= 0.6 is 0 Å². The van der Waals surface area contributed by atoms with E-state index >= 15 is 0 Å². The van der Waals surface area contributed by atoms with Crippen LogP contribution in [0.1, 0.15) is 55.6 Å². The molecule has 0 aliphatic rings. The van der Waals surface area contributed by atoms with Gasteiger partial charge in [0.2, 0.25) is 5.91 Å². The minimum Gasteiger partial charge on any atom is -0.490 e. The smallest absolute Gasteiger partial charge is 0.490 e. The maximum absolute atomic E-state index is 12.5. The molecular formula is C23H29F3N4O5. The van der Waals surface area contributed by atoms with Gasteiger partial charge in [0.1, 0.15) is 17.9 Å². The number of anilines is 1. The lowest BCUT2D eigenvalue weighted by Gasteiger charge is -2.27. The maximum Gasteiger partial charge on any atom is 0.491 e. The van der Waals surface area contributed by atoms with Gasteiger partial charge in [-0.15, -0.1) is 0 Å². The van der Waals surface area contributed by atoms with Crippen LogP contribution in [0.4, 0.5) is 18.9 Å². The molecule has 0 saturated carbocycles. The summed E-state index contributed by atoms with van der Waals surface area (Å²) < 4.78 is 47.4. The number of carbonyl (C=O) groups excluding carboxylic acids is 3. The number of esters is 2. The van der Waals surface area contributed by atoms with Crippen LogP contribution in [-0.2, 0) is 14.3 Å². The summed E-state index contributed by atoms with van der Waals surface area (Å²) >= 11 is 0. The highest BCUT2D eigenvalue weighted by Gasteiger charge is 2.43. The van der Waals surface area contributed by atoms with Gasteiger partial charge >= 0.3 is 18.1 Å². The molecule has 0 aliphatic heterocycles. The zero-order valence-electron chi connectivity index (χ0n) is 19.8. The molecule has 0 spiro atoms. The van der Waals surface area contributed by atoms with E-state index in [-0.39, 0.29) is 35.0 Å². The monoisotopic (exact) mass is 498 g/mol. The van der Waals surface area contributed by atoms with Crippen molar-refractivity contribution in [1.29, 1.82) is 0 Å². The first-order valence-corrected chi connectivity index (χ1v) is 10.9. The molecule has 35 heavy (non-hydrogen) atoms. The molecule has 192 valence electrons. The van der Waals surface area contributed by atoms with Gasteiger partial charge in [-0.1, -0.05) is 12.5 Å². The fourth-order valence-electron chi connectivity index (χ4n) is 3.35. The summed E-state index contributed by atoms with van der Waals surface area (Å²) in [5, 5.41) is 3.04. The van der Waals surface area contributed by atoms with Gasteiger partial charge in [-0.2, -0.15) is 13.2 Å². The summed E-state index contributed by atoms with van der Waals surface area (Å²) in [6.45, 7) is 5.45. The number of pyridine rings is 1. The number of nitrogens with two attached hydrogens (primary N) is 2. The predicted molar refractivity (Wildman–Crippen MR) is 123 cm³/mol. The van der Waals surface area contributed by atoms with Crippen LogP contribution in [0, 0.1) is 6.92 Å². The minimum atomic E-state index is -5.35. The maximum atomic E-state index is 12.5. The molecule has 1 aromatic carbocycles. The zero-order valence-corrected chi connectivity index (χ0v) is 19.8. The Balaban J connectivity index is 2.24. The van der Waals surface area contributed by atoms with Crippen molar-refractivity contribution in [2.45, 2.75) is 58.2 Å². The lowest BCUT2D eigenvalue weighted by molar-refractivity contribution is -0.193. The number of unbranched alkanes of at least 4 members (excludes halogenated alkanes) is 2. The van der Waals surface area contributed by atoms with Crippen LogP contribution < -0.4 is 21.5 Å². The van der Waals surface area contributed by atoms with Gasteiger partial charge in [-0.05, 0) is 52.3 Å². The number of amides is 1. The largest absolute Gasteiger partial charge is 0.491 e. The van der Waals surface area contributed by atoms with Crippen molar-refractivity contribution in [1.82, 2.24) is 10.3 Å². The Morgan fingerprint density at radius 2 is 1.80 bits per heavy atom. The number of carbonyl (C=O) groups is 3. The van der Waals surface area contributed by atoms with Crippen LogP contribution in [-0.4, -0.2) is 47.7 Å².